The van der Waals surface area contributed by atoms with Crippen LogP contribution in [0.4, 0.5) is 0 Å². The van der Waals surface area contributed by atoms with Crippen LogP contribution < -0.4 is 5.32 Å². The number of rotatable bonds is 6. The lowest BCUT2D eigenvalue weighted by Crippen LogP contribution is -2.21. The fraction of sp³-hybridized carbons (Fsp3) is 0.250. The van der Waals surface area contributed by atoms with Crippen LogP contribution in [-0.4, -0.2) is 16.7 Å². The highest BCUT2D eigenvalue weighted by Gasteiger charge is 2.17. The van der Waals surface area contributed by atoms with Crippen LogP contribution in [0.1, 0.15) is 34.1 Å². The Balaban J connectivity index is 1.82. The quantitative estimate of drug-likeness (QED) is 0.750. The predicted molar refractivity (Wildman–Crippen MR) is 89.0 cm³/mol. The number of hydrogen-bond donors (Lipinski definition) is 1. The molecule has 21 heavy (non-hydrogen) atoms. The third-order valence-electron chi connectivity index (χ3n) is 3.21. The monoisotopic (exact) mass is 315 g/mol. The van der Waals surface area contributed by atoms with Crippen molar-refractivity contribution in [3.63, 3.8) is 0 Å². The smallest absolute Gasteiger partial charge is 0.139 e. The Kier molecular flexibility index (Phi) is 4.75. The van der Waals surface area contributed by atoms with Crippen LogP contribution in [0.5, 0.6) is 0 Å². The molecule has 1 atom stereocenters. The van der Waals surface area contributed by atoms with Crippen molar-refractivity contribution in [1.29, 1.82) is 0 Å². The van der Waals surface area contributed by atoms with Gasteiger partial charge in [-0.3, -0.25) is 0 Å². The second-order valence-corrected chi connectivity index (χ2v) is 6.62. The van der Waals surface area contributed by atoms with Crippen molar-refractivity contribution >= 4 is 22.7 Å². The van der Waals surface area contributed by atoms with Gasteiger partial charge in [0.1, 0.15) is 10.0 Å². The molecule has 0 fully saturated rings. The second kappa shape index (κ2) is 6.93. The molecule has 2 heterocycles. The van der Waals surface area contributed by atoms with Crippen molar-refractivity contribution in [3.05, 3.63) is 68.3 Å². The van der Waals surface area contributed by atoms with Crippen LogP contribution in [0.25, 0.3) is 0 Å². The average molecular weight is 315 g/mol. The maximum atomic E-state index is 4.40. The maximum absolute atomic E-state index is 4.40. The van der Waals surface area contributed by atoms with Gasteiger partial charge in [0.25, 0.3) is 0 Å². The van der Waals surface area contributed by atoms with Gasteiger partial charge < -0.3 is 5.32 Å². The highest BCUT2D eigenvalue weighted by molar-refractivity contribution is 7.11. The highest BCUT2D eigenvalue weighted by Crippen LogP contribution is 2.26. The molecular weight excluding hydrogens is 298 g/mol. The molecule has 0 spiro atoms. The van der Waals surface area contributed by atoms with Gasteiger partial charge in [-0.15, -0.1) is 10.2 Å². The number of nitrogens with zero attached hydrogens (tertiary/aromatic N) is 2. The molecule has 0 saturated heterocycles. The molecule has 3 aromatic rings. The molecule has 0 aliphatic heterocycles. The summed E-state index contributed by atoms with van der Waals surface area (Å²) in [5.41, 5.74) is 2.54. The highest BCUT2D eigenvalue weighted by atomic mass is 32.1. The lowest BCUT2D eigenvalue weighted by molar-refractivity contribution is 0.621. The Morgan fingerprint density at radius 2 is 2.00 bits per heavy atom. The SMILES string of the molecule is CCNC(c1ccccc1)c1nnc(Cc2ccsc2)s1. The molecule has 3 rings (SSSR count). The van der Waals surface area contributed by atoms with Gasteiger partial charge in [-0.25, -0.2) is 0 Å². The van der Waals surface area contributed by atoms with Crippen LogP contribution >= 0.6 is 22.7 Å². The number of hydrogen-bond acceptors (Lipinski definition) is 5. The normalized spacial score (nSPS) is 12.4. The molecule has 2 aromatic heterocycles. The minimum absolute atomic E-state index is 0.130. The van der Waals surface area contributed by atoms with Gasteiger partial charge in [0.15, 0.2) is 0 Å². The molecule has 0 saturated carbocycles. The number of benzene rings is 1. The van der Waals surface area contributed by atoms with Crippen LogP contribution in [0.3, 0.4) is 0 Å². The summed E-state index contributed by atoms with van der Waals surface area (Å²) in [5, 5.41) is 18.6. The van der Waals surface area contributed by atoms with Gasteiger partial charge in [0, 0.05) is 6.42 Å². The Bertz CT molecular complexity index is 662. The van der Waals surface area contributed by atoms with E-state index in [0.717, 1.165) is 23.0 Å². The zero-order valence-corrected chi connectivity index (χ0v) is 13.5. The van der Waals surface area contributed by atoms with Gasteiger partial charge in [0.2, 0.25) is 0 Å². The Labute approximate surface area is 132 Å². The molecule has 5 heteroatoms. The van der Waals surface area contributed by atoms with Crippen LogP contribution in [0.15, 0.2) is 47.2 Å². The minimum atomic E-state index is 0.130. The van der Waals surface area contributed by atoms with E-state index in [0.29, 0.717) is 0 Å². The standard InChI is InChI=1S/C16H17N3S2/c1-2-17-15(13-6-4-3-5-7-13)16-19-18-14(21-16)10-12-8-9-20-11-12/h3-9,11,15,17H,2,10H2,1H3. The van der Waals surface area contributed by atoms with Crippen molar-refractivity contribution in [1.82, 2.24) is 15.5 Å². The van der Waals surface area contributed by atoms with Crippen molar-refractivity contribution in [2.75, 3.05) is 6.54 Å². The zero-order chi connectivity index (χ0) is 14.5. The van der Waals surface area contributed by atoms with Gasteiger partial charge in [-0.1, -0.05) is 48.6 Å². The van der Waals surface area contributed by atoms with E-state index in [4.69, 9.17) is 0 Å². The summed E-state index contributed by atoms with van der Waals surface area (Å²) in [5.74, 6) is 0. The van der Waals surface area contributed by atoms with Crippen LogP contribution in [0, 0.1) is 0 Å². The maximum Gasteiger partial charge on any atom is 0.139 e. The molecule has 0 radical (unpaired) electrons. The topological polar surface area (TPSA) is 37.8 Å². The fourth-order valence-electron chi connectivity index (χ4n) is 2.22. The van der Waals surface area contributed by atoms with E-state index in [9.17, 15) is 0 Å². The molecule has 3 nitrogen and oxygen atoms in total. The first-order chi connectivity index (χ1) is 10.4. The van der Waals surface area contributed by atoms with Crippen molar-refractivity contribution in [2.45, 2.75) is 19.4 Å². The summed E-state index contributed by atoms with van der Waals surface area (Å²) in [6.07, 6.45) is 0.870. The van der Waals surface area contributed by atoms with E-state index >= 15 is 0 Å². The van der Waals surface area contributed by atoms with Gasteiger partial charge >= 0.3 is 0 Å². The summed E-state index contributed by atoms with van der Waals surface area (Å²) in [6.45, 7) is 3.02. The van der Waals surface area contributed by atoms with Gasteiger partial charge in [-0.2, -0.15) is 11.3 Å². The van der Waals surface area contributed by atoms with E-state index in [2.05, 4.69) is 63.5 Å². The molecule has 0 aliphatic rings. The Morgan fingerprint density at radius 3 is 2.71 bits per heavy atom. The van der Waals surface area contributed by atoms with Crippen LogP contribution in [0.2, 0.25) is 0 Å². The van der Waals surface area contributed by atoms with Gasteiger partial charge in [-0.05, 0) is 34.5 Å². The second-order valence-electron chi connectivity index (χ2n) is 4.74. The average Bonchev–Trinajstić information content (AvgIpc) is 3.18. The fourth-order valence-corrected chi connectivity index (χ4v) is 3.87. The first-order valence-corrected chi connectivity index (χ1v) is 8.74. The van der Waals surface area contributed by atoms with E-state index < -0.39 is 0 Å². The van der Waals surface area contributed by atoms with E-state index in [1.807, 2.05) is 6.07 Å². The number of nitrogens with one attached hydrogen (secondary N) is 1. The van der Waals surface area contributed by atoms with E-state index in [-0.39, 0.29) is 6.04 Å². The lowest BCUT2D eigenvalue weighted by Gasteiger charge is -2.14. The van der Waals surface area contributed by atoms with Gasteiger partial charge in [0.05, 0.1) is 6.04 Å². The van der Waals surface area contributed by atoms with Crippen molar-refractivity contribution in [3.8, 4) is 0 Å². The summed E-state index contributed by atoms with van der Waals surface area (Å²) in [7, 11) is 0. The number of aromatic nitrogens is 2. The largest absolute Gasteiger partial charge is 0.304 e. The predicted octanol–water partition coefficient (Wildman–Crippen LogP) is 3.89. The summed E-state index contributed by atoms with van der Waals surface area (Å²) in [4.78, 5) is 0. The molecule has 1 unspecified atom stereocenters. The summed E-state index contributed by atoms with van der Waals surface area (Å²) >= 11 is 3.41. The van der Waals surface area contributed by atoms with Crippen molar-refractivity contribution < 1.29 is 0 Å². The van der Waals surface area contributed by atoms with E-state index in [1.165, 1.54) is 11.1 Å². The third-order valence-corrected chi connectivity index (χ3v) is 4.93. The number of thiophene rings is 1. The summed E-state index contributed by atoms with van der Waals surface area (Å²) < 4.78 is 0. The van der Waals surface area contributed by atoms with Crippen LogP contribution in [-0.2, 0) is 6.42 Å². The minimum Gasteiger partial charge on any atom is -0.304 e. The Morgan fingerprint density at radius 1 is 1.14 bits per heavy atom. The molecule has 1 N–H and O–H groups in total. The summed E-state index contributed by atoms with van der Waals surface area (Å²) in [6, 6.07) is 12.7. The molecule has 0 amide bonds. The Hall–Kier alpha value is -1.56. The van der Waals surface area contributed by atoms with E-state index in [1.54, 1.807) is 22.7 Å². The molecule has 1 aromatic carbocycles. The first-order valence-electron chi connectivity index (χ1n) is 6.98. The first kappa shape index (κ1) is 14.4. The third kappa shape index (κ3) is 3.56. The van der Waals surface area contributed by atoms with Crippen molar-refractivity contribution in [2.24, 2.45) is 0 Å². The molecule has 0 aliphatic carbocycles. The lowest BCUT2D eigenvalue weighted by atomic mass is 10.1. The molecule has 0 bridgehead atoms. The molecule has 108 valence electrons. The molecular formula is C16H17N3S2. The zero-order valence-electron chi connectivity index (χ0n) is 11.8.